The molecule has 1 fully saturated rings. The van der Waals surface area contributed by atoms with Crippen LogP contribution >= 0.6 is 0 Å². The molecule has 8 heteroatoms. The van der Waals surface area contributed by atoms with Crippen LogP contribution in [0.5, 0.6) is 0 Å². The van der Waals surface area contributed by atoms with Crippen LogP contribution in [0.25, 0.3) is 0 Å². The third-order valence-corrected chi connectivity index (χ3v) is 4.99. The average Bonchev–Trinajstić information content (AvgIpc) is 2.89. The first-order chi connectivity index (χ1) is 9.51. The number of aryl methyl sites for hydroxylation is 1. The van der Waals surface area contributed by atoms with Gasteiger partial charge in [-0.15, -0.1) is 0 Å². The van der Waals surface area contributed by atoms with Crippen LogP contribution in [0.2, 0.25) is 0 Å². The third kappa shape index (κ3) is 4.02. The smallest absolute Gasteiger partial charge is 0.216 e. The Morgan fingerprint density at radius 3 is 2.90 bits per heavy atom. The van der Waals surface area contributed by atoms with Crippen LogP contribution in [0.15, 0.2) is 18.7 Å². The maximum absolute atomic E-state index is 12.4. The molecule has 0 bridgehead atoms. The van der Waals surface area contributed by atoms with Gasteiger partial charge in [0.25, 0.3) is 0 Å². The molecule has 1 aromatic rings. The number of morpholine rings is 1. The lowest BCUT2D eigenvalue weighted by atomic mass is 10.2. The second-order valence-electron chi connectivity index (χ2n) is 4.96. The van der Waals surface area contributed by atoms with Crippen molar-refractivity contribution in [2.45, 2.75) is 25.7 Å². The number of hydrogen-bond donors (Lipinski definition) is 0. The van der Waals surface area contributed by atoms with E-state index in [2.05, 4.69) is 4.98 Å². The van der Waals surface area contributed by atoms with Gasteiger partial charge < -0.3 is 14.0 Å². The SMILES string of the molecule is COCC1CN(S(=O)(=O)CCn2ccnc2)CC(C)O1. The van der Waals surface area contributed by atoms with Crippen molar-refractivity contribution in [1.29, 1.82) is 0 Å². The molecule has 1 saturated heterocycles. The number of imidazole rings is 1. The molecule has 1 aliphatic heterocycles. The Morgan fingerprint density at radius 2 is 2.25 bits per heavy atom. The molecule has 1 aliphatic rings. The van der Waals surface area contributed by atoms with Gasteiger partial charge in [-0.25, -0.2) is 13.4 Å². The standard InChI is InChI=1S/C12H21N3O4S/c1-11-7-15(8-12(19-11)9-18-2)20(16,17)6-5-14-4-3-13-10-14/h3-4,10-12H,5-9H2,1-2H3. The molecule has 1 aromatic heterocycles. The van der Waals surface area contributed by atoms with E-state index in [1.165, 1.54) is 4.31 Å². The Bertz CT molecular complexity index is 503. The minimum Gasteiger partial charge on any atom is -0.382 e. The van der Waals surface area contributed by atoms with E-state index in [1.807, 2.05) is 6.92 Å². The summed E-state index contributed by atoms with van der Waals surface area (Å²) in [6, 6.07) is 0. The zero-order valence-electron chi connectivity index (χ0n) is 11.8. The van der Waals surface area contributed by atoms with Gasteiger partial charge in [0.15, 0.2) is 0 Å². The molecule has 0 N–H and O–H groups in total. The monoisotopic (exact) mass is 303 g/mol. The van der Waals surface area contributed by atoms with Gasteiger partial charge >= 0.3 is 0 Å². The number of aromatic nitrogens is 2. The minimum atomic E-state index is -3.29. The van der Waals surface area contributed by atoms with Gasteiger partial charge in [-0.1, -0.05) is 0 Å². The number of sulfonamides is 1. The highest BCUT2D eigenvalue weighted by molar-refractivity contribution is 7.89. The normalized spacial score (nSPS) is 24.9. The molecule has 0 aliphatic carbocycles. The molecular formula is C12H21N3O4S. The summed E-state index contributed by atoms with van der Waals surface area (Å²) in [5.41, 5.74) is 0. The number of methoxy groups -OCH3 is 1. The summed E-state index contributed by atoms with van der Waals surface area (Å²) in [6.07, 6.45) is 4.69. The third-order valence-electron chi connectivity index (χ3n) is 3.21. The summed E-state index contributed by atoms with van der Waals surface area (Å²) in [5, 5.41) is 0. The van der Waals surface area contributed by atoms with Crippen molar-refractivity contribution in [3.05, 3.63) is 18.7 Å². The molecule has 0 aromatic carbocycles. The summed E-state index contributed by atoms with van der Waals surface area (Å²) in [7, 11) is -1.71. The van der Waals surface area contributed by atoms with Crippen LogP contribution in [0.3, 0.4) is 0 Å². The van der Waals surface area contributed by atoms with Crippen molar-refractivity contribution in [2.24, 2.45) is 0 Å². The Labute approximate surface area is 119 Å². The lowest BCUT2D eigenvalue weighted by Crippen LogP contribution is -2.51. The van der Waals surface area contributed by atoms with E-state index >= 15 is 0 Å². The molecule has 7 nitrogen and oxygen atoms in total. The van der Waals surface area contributed by atoms with Crippen molar-refractivity contribution >= 4 is 10.0 Å². The zero-order chi connectivity index (χ0) is 14.6. The van der Waals surface area contributed by atoms with E-state index in [1.54, 1.807) is 30.4 Å². The zero-order valence-corrected chi connectivity index (χ0v) is 12.6. The quantitative estimate of drug-likeness (QED) is 0.736. The van der Waals surface area contributed by atoms with Gasteiger partial charge in [0.1, 0.15) is 0 Å². The van der Waals surface area contributed by atoms with Gasteiger partial charge in [-0.05, 0) is 6.92 Å². The fourth-order valence-corrected chi connectivity index (χ4v) is 3.81. The van der Waals surface area contributed by atoms with Crippen molar-refractivity contribution in [2.75, 3.05) is 32.6 Å². The first kappa shape index (κ1) is 15.4. The van der Waals surface area contributed by atoms with Crippen molar-refractivity contribution in [3.8, 4) is 0 Å². The van der Waals surface area contributed by atoms with Crippen LogP contribution in [-0.4, -0.2) is 67.0 Å². The van der Waals surface area contributed by atoms with E-state index < -0.39 is 10.0 Å². The van der Waals surface area contributed by atoms with Crippen molar-refractivity contribution in [1.82, 2.24) is 13.9 Å². The summed E-state index contributed by atoms with van der Waals surface area (Å²) < 4.78 is 38.7. The maximum Gasteiger partial charge on any atom is 0.216 e. The molecule has 2 atom stereocenters. The van der Waals surface area contributed by atoms with Crippen LogP contribution in [0.4, 0.5) is 0 Å². The van der Waals surface area contributed by atoms with E-state index in [0.29, 0.717) is 26.2 Å². The molecule has 20 heavy (non-hydrogen) atoms. The largest absolute Gasteiger partial charge is 0.382 e. The molecule has 0 radical (unpaired) electrons. The van der Waals surface area contributed by atoms with E-state index in [4.69, 9.17) is 9.47 Å². The molecule has 0 saturated carbocycles. The van der Waals surface area contributed by atoms with Gasteiger partial charge in [0, 0.05) is 39.1 Å². The lowest BCUT2D eigenvalue weighted by Gasteiger charge is -2.35. The Morgan fingerprint density at radius 1 is 1.45 bits per heavy atom. The summed E-state index contributed by atoms with van der Waals surface area (Å²) in [6.45, 7) is 3.43. The maximum atomic E-state index is 12.4. The number of hydrogen-bond acceptors (Lipinski definition) is 5. The molecule has 114 valence electrons. The highest BCUT2D eigenvalue weighted by Gasteiger charge is 2.32. The van der Waals surface area contributed by atoms with Gasteiger partial charge in [-0.2, -0.15) is 4.31 Å². The number of nitrogens with zero attached hydrogens (tertiary/aromatic N) is 3. The number of ether oxygens (including phenoxy) is 2. The van der Waals surface area contributed by atoms with Gasteiger partial charge in [0.05, 0.1) is 30.9 Å². The Hall–Kier alpha value is -0.960. The highest BCUT2D eigenvalue weighted by Crippen LogP contribution is 2.15. The number of rotatable bonds is 6. The Kier molecular flexibility index (Phi) is 5.14. The molecule has 2 rings (SSSR count). The molecule has 2 heterocycles. The molecular weight excluding hydrogens is 282 g/mol. The van der Waals surface area contributed by atoms with E-state index in [-0.39, 0.29) is 18.0 Å². The van der Waals surface area contributed by atoms with Crippen LogP contribution in [0, 0.1) is 0 Å². The predicted octanol–water partition coefficient (Wildman–Crippen LogP) is -0.0514. The topological polar surface area (TPSA) is 73.7 Å². The second-order valence-corrected chi connectivity index (χ2v) is 7.05. The van der Waals surface area contributed by atoms with E-state index in [0.717, 1.165) is 0 Å². The first-order valence-electron chi connectivity index (χ1n) is 6.59. The Balaban J connectivity index is 1.96. The minimum absolute atomic E-state index is 0.0653. The predicted molar refractivity (Wildman–Crippen MR) is 73.8 cm³/mol. The van der Waals surface area contributed by atoms with Gasteiger partial charge in [0.2, 0.25) is 10.0 Å². The molecule has 0 amide bonds. The van der Waals surface area contributed by atoms with Crippen molar-refractivity contribution < 1.29 is 17.9 Å². The van der Waals surface area contributed by atoms with Crippen LogP contribution in [-0.2, 0) is 26.0 Å². The summed E-state index contributed by atoms with van der Waals surface area (Å²) in [4.78, 5) is 3.90. The first-order valence-corrected chi connectivity index (χ1v) is 8.20. The highest BCUT2D eigenvalue weighted by atomic mass is 32.2. The second kappa shape index (κ2) is 6.66. The van der Waals surface area contributed by atoms with Crippen molar-refractivity contribution in [3.63, 3.8) is 0 Å². The lowest BCUT2D eigenvalue weighted by molar-refractivity contribution is -0.0819. The average molecular weight is 303 g/mol. The molecule has 2 unspecified atom stereocenters. The fourth-order valence-electron chi connectivity index (χ4n) is 2.28. The van der Waals surface area contributed by atoms with E-state index in [9.17, 15) is 8.42 Å². The summed E-state index contributed by atoms with van der Waals surface area (Å²) in [5.74, 6) is 0.0653. The summed E-state index contributed by atoms with van der Waals surface area (Å²) >= 11 is 0. The fraction of sp³-hybridized carbons (Fsp3) is 0.750. The van der Waals surface area contributed by atoms with Gasteiger partial charge in [-0.3, -0.25) is 0 Å². The van der Waals surface area contributed by atoms with Crippen LogP contribution in [0.1, 0.15) is 6.92 Å². The van der Waals surface area contributed by atoms with Crippen LogP contribution < -0.4 is 0 Å². The molecule has 0 spiro atoms.